The molecule has 0 saturated heterocycles. The third kappa shape index (κ3) is 4.19. The molecule has 19 heavy (non-hydrogen) atoms. The first kappa shape index (κ1) is 13.8. The van der Waals surface area contributed by atoms with Gasteiger partial charge in [0.05, 0.1) is 6.10 Å². The van der Waals surface area contributed by atoms with Crippen LogP contribution >= 0.6 is 0 Å². The van der Waals surface area contributed by atoms with Crippen molar-refractivity contribution in [1.82, 2.24) is 4.90 Å². The molecule has 0 aliphatic carbocycles. The largest absolute Gasteiger partial charge is 0.387 e. The fraction of sp³-hybridized carbons (Fsp3) is 0.294. The van der Waals surface area contributed by atoms with Crippen LogP contribution in [-0.2, 0) is 6.54 Å². The molecule has 100 valence electrons. The molecule has 0 fully saturated rings. The lowest BCUT2D eigenvalue weighted by Crippen LogP contribution is -2.24. The van der Waals surface area contributed by atoms with E-state index in [2.05, 4.69) is 17.0 Å². The highest BCUT2D eigenvalue weighted by molar-refractivity contribution is 5.24. The third-order valence-corrected chi connectivity index (χ3v) is 3.21. The van der Waals surface area contributed by atoms with Crippen molar-refractivity contribution in [3.05, 3.63) is 71.3 Å². The quantitative estimate of drug-likeness (QED) is 0.887. The van der Waals surface area contributed by atoms with Gasteiger partial charge in [0.1, 0.15) is 0 Å². The lowest BCUT2D eigenvalue weighted by atomic mass is 10.1. The van der Waals surface area contributed by atoms with Crippen molar-refractivity contribution < 1.29 is 5.11 Å². The first-order chi connectivity index (χ1) is 9.15. The summed E-state index contributed by atoms with van der Waals surface area (Å²) in [7, 11) is 2.03. The smallest absolute Gasteiger partial charge is 0.0917 e. The number of hydrogen-bond acceptors (Lipinski definition) is 2. The van der Waals surface area contributed by atoms with Gasteiger partial charge in [-0.05, 0) is 25.1 Å². The van der Waals surface area contributed by atoms with Crippen molar-refractivity contribution in [2.24, 2.45) is 0 Å². The number of aliphatic hydroxyl groups excluding tert-OH is 1. The summed E-state index contributed by atoms with van der Waals surface area (Å²) in [5.74, 6) is 0. The van der Waals surface area contributed by atoms with Crippen LogP contribution in [0.4, 0.5) is 0 Å². The monoisotopic (exact) mass is 255 g/mol. The maximum Gasteiger partial charge on any atom is 0.0917 e. The van der Waals surface area contributed by atoms with Gasteiger partial charge in [0.25, 0.3) is 0 Å². The molecule has 0 heterocycles. The summed E-state index contributed by atoms with van der Waals surface area (Å²) in [5.41, 5.74) is 3.43. The van der Waals surface area contributed by atoms with Gasteiger partial charge in [0.15, 0.2) is 0 Å². The minimum atomic E-state index is -0.436. The summed E-state index contributed by atoms with van der Waals surface area (Å²) in [5, 5.41) is 10.3. The Bertz CT molecular complexity index is 510. The summed E-state index contributed by atoms with van der Waals surface area (Å²) < 4.78 is 0. The predicted octanol–water partition coefficient (Wildman–Crippen LogP) is 3.16. The van der Waals surface area contributed by atoms with Gasteiger partial charge in [-0.2, -0.15) is 0 Å². The number of rotatable bonds is 5. The topological polar surface area (TPSA) is 23.5 Å². The lowest BCUT2D eigenvalue weighted by Gasteiger charge is -2.21. The molecule has 1 unspecified atom stereocenters. The van der Waals surface area contributed by atoms with Crippen molar-refractivity contribution in [1.29, 1.82) is 0 Å². The molecular weight excluding hydrogens is 234 g/mol. The molecule has 0 amide bonds. The Labute approximate surface area is 115 Å². The Morgan fingerprint density at radius 1 is 1.05 bits per heavy atom. The number of likely N-dealkylation sites (N-methyl/N-ethyl adjacent to an activating group) is 1. The molecule has 0 aliphatic rings. The minimum absolute atomic E-state index is 0.436. The third-order valence-electron chi connectivity index (χ3n) is 3.21. The molecule has 0 radical (unpaired) electrons. The van der Waals surface area contributed by atoms with Crippen LogP contribution in [0.25, 0.3) is 0 Å². The van der Waals surface area contributed by atoms with E-state index in [1.807, 2.05) is 56.4 Å². The van der Waals surface area contributed by atoms with Gasteiger partial charge >= 0.3 is 0 Å². The van der Waals surface area contributed by atoms with Crippen molar-refractivity contribution >= 4 is 0 Å². The van der Waals surface area contributed by atoms with E-state index in [0.29, 0.717) is 6.54 Å². The van der Waals surface area contributed by atoms with Gasteiger partial charge in [-0.25, -0.2) is 0 Å². The standard InChI is InChI=1S/C17H21NO/c1-14-7-6-10-16(11-14)17(19)13-18(2)12-15-8-4-3-5-9-15/h3-11,17,19H,12-13H2,1-2H3. The summed E-state index contributed by atoms with van der Waals surface area (Å²) >= 11 is 0. The van der Waals surface area contributed by atoms with Crippen LogP contribution in [-0.4, -0.2) is 23.6 Å². The van der Waals surface area contributed by atoms with Gasteiger partial charge < -0.3 is 5.11 Å². The van der Waals surface area contributed by atoms with Crippen LogP contribution in [0.15, 0.2) is 54.6 Å². The number of aryl methyl sites for hydroxylation is 1. The molecule has 2 heteroatoms. The van der Waals surface area contributed by atoms with Crippen LogP contribution < -0.4 is 0 Å². The molecule has 0 aliphatic heterocycles. The Hall–Kier alpha value is -1.64. The Morgan fingerprint density at radius 2 is 1.79 bits per heavy atom. The van der Waals surface area contributed by atoms with Crippen LogP contribution in [0.5, 0.6) is 0 Å². The van der Waals surface area contributed by atoms with Crippen molar-refractivity contribution in [2.75, 3.05) is 13.6 Å². The number of aliphatic hydroxyl groups is 1. The molecule has 0 bridgehead atoms. The van der Waals surface area contributed by atoms with Crippen LogP contribution in [0.1, 0.15) is 22.8 Å². The SMILES string of the molecule is Cc1cccc(C(O)CN(C)Cc2ccccc2)c1. The van der Waals surface area contributed by atoms with Crippen LogP contribution in [0.2, 0.25) is 0 Å². The normalized spacial score (nSPS) is 12.6. The molecule has 2 aromatic rings. The van der Waals surface area contributed by atoms with E-state index in [1.54, 1.807) is 0 Å². The highest BCUT2D eigenvalue weighted by Gasteiger charge is 2.10. The van der Waals surface area contributed by atoms with E-state index in [9.17, 15) is 5.11 Å². The van der Waals surface area contributed by atoms with E-state index < -0.39 is 6.10 Å². The van der Waals surface area contributed by atoms with E-state index in [4.69, 9.17) is 0 Å². The van der Waals surface area contributed by atoms with Gasteiger partial charge in [-0.3, -0.25) is 4.90 Å². The average molecular weight is 255 g/mol. The molecule has 2 aromatic carbocycles. The van der Waals surface area contributed by atoms with Crippen LogP contribution in [0.3, 0.4) is 0 Å². The summed E-state index contributed by atoms with van der Waals surface area (Å²) in [6.45, 7) is 3.53. The average Bonchev–Trinajstić information content (AvgIpc) is 2.39. The minimum Gasteiger partial charge on any atom is -0.387 e. The Morgan fingerprint density at radius 3 is 2.47 bits per heavy atom. The molecule has 1 N–H and O–H groups in total. The van der Waals surface area contributed by atoms with Crippen molar-refractivity contribution in [3.8, 4) is 0 Å². The van der Waals surface area contributed by atoms with Gasteiger partial charge in [0.2, 0.25) is 0 Å². The molecule has 1 atom stereocenters. The zero-order chi connectivity index (χ0) is 13.7. The zero-order valence-corrected chi connectivity index (χ0v) is 11.6. The van der Waals surface area contributed by atoms with Gasteiger partial charge in [-0.1, -0.05) is 60.2 Å². The van der Waals surface area contributed by atoms with Crippen LogP contribution in [0, 0.1) is 6.92 Å². The van der Waals surface area contributed by atoms with E-state index in [-0.39, 0.29) is 0 Å². The van der Waals surface area contributed by atoms with E-state index in [0.717, 1.165) is 12.1 Å². The zero-order valence-electron chi connectivity index (χ0n) is 11.6. The molecule has 0 spiro atoms. The molecular formula is C17H21NO. The van der Waals surface area contributed by atoms with Crippen molar-refractivity contribution in [2.45, 2.75) is 19.6 Å². The fourth-order valence-corrected chi connectivity index (χ4v) is 2.24. The first-order valence-corrected chi connectivity index (χ1v) is 6.62. The number of benzene rings is 2. The highest BCUT2D eigenvalue weighted by atomic mass is 16.3. The number of hydrogen-bond donors (Lipinski definition) is 1. The fourth-order valence-electron chi connectivity index (χ4n) is 2.24. The van der Waals surface area contributed by atoms with Gasteiger partial charge in [-0.15, -0.1) is 0 Å². The molecule has 2 nitrogen and oxygen atoms in total. The maximum atomic E-state index is 10.3. The summed E-state index contributed by atoms with van der Waals surface area (Å²) in [6, 6.07) is 18.4. The predicted molar refractivity (Wildman–Crippen MR) is 78.9 cm³/mol. The molecule has 0 aromatic heterocycles. The first-order valence-electron chi connectivity index (χ1n) is 6.62. The second kappa shape index (κ2) is 6.50. The summed E-state index contributed by atoms with van der Waals surface area (Å²) in [6.07, 6.45) is -0.436. The highest BCUT2D eigenvalue weighted by Crippen LogP contribution is 2.16. The lowest BCUT2D eigenvalue weighted by molar-refractivity contribution is 0.124. The molecule has 0 saturated carbocycles. The van der Waals surface area contributed by atoms with E-state index in [1.165, 1.54) is 11.1 Å². The second-order valence-electron chi connectivity index (χ2n) is 5.11. The maximum absolute atomic E-state index is 10.3. The van der Waals surface area contributed by atoms with Gasteiger partial charge in [0, 0.05) is 13.1 Å². The Kier molecular flexibility index (Phi) is 4.72. The van der Waals surface area contributed by atoms with E-state index >= 15 is 0 Å². The number of nitrogens with zero attached hydrogens (tertiary/aromatic N) is 1. The Balaban J connectivity index is 1.93. The molecule has 2 rings (SSSR count). The summed E-state index contributed by atoms with van der Waals surface area (Å²) in [4.78, 5) is 2.14. The van der Waals surface area contributed by atoms with Crippen molar-refractivity contribution in [3.63, 3.8) is 0 Å². The second-order valence-corrected chi connectivity index (χ2v) is 5.11.